The van der Waals surface area contributed by atoms with E-state index >= 15 is 0 Å². The van der Waals surface area contributed by atoms with E-state index in [1.807, 2.05) is 19.1 Å². The Labute approximate surface area is 140 Å². The molecule has 0 radical (unpaired) electrons. The highest BCUT2D eigenvalue weighted by Crippen LogP contribution is 2.31. The van der Waals surface area contributed by atoms with E-state index in [0.29, 0.717) is 29.7 Å². The van der Waals surface area contributed by atoms with Crippen LogP contribution in [-0.2, 0) is 4.74 Å². The van der Waals surface area contributed by atoms with Gasteiger partial charge in [-0.3, -0.25) is 0 Å². The number of urea groups is 1. The predicted molar refractivity (Wildman–Crippen MR) is 88.6 cm³/mol. The van der Waals surface area contributed by atoms with Crippen LogP contribution in [0.25, 0.3) is 0 Å². The van der Waals surface area contributed by atoms with Gasteiger partial charge in [0.25, 0.3) is 0 Å². The molecule has 3 N–H and O–H groups in total. The molecule has 1 unspecified atom stereocenters. The average Bonchev–Trinajstić information content (AvgIpc) is 2.74. The smallest absolute Gasteiger partial charge is 0.314 e. The summed E-state index contributed by atoms with van der Waals surface area (Å²) in [6, 6.07) is 5.36. The van der Waals surface area contributed by atoms with Gasteiger partial charge in [0, 0.05) is 32.1 Å². The van der Waals surface area contributed by atoms with Crippen molar-refractivity contribution in [3.63, 3.8) is 0 Å². The lowest BCUT2D eigenvalue weighted by molar-refractivity contribution is 0.0315. The summed E-state index contributed by atoms with van der Waals surface area (Å²) in [5.41, 5.74) is 0.973. The highest BCUT2D eigenvalue weighted by atomic mass is 35.5. The molecule has 1 saturated heterocycles. The zero-order valence-electron chi connectivity index (χ0n) is 12.5. The number of rotatable bonds is 4. The van der Waals surface area contributed by atoms with E-state index in [4.69, 9.17) is 27.9 Å². The molecule has 0 saturated carbocycles. The number of amides is 2. The van der Waals surface area contributed by atoms with Crippen LogP contribution < -0.4 is 16.0 Å². The predicted octanol–water partition coefficient (Wildman–Crippen LogP) is 2.59. The summed E-state index contributed by atoms with van der Waals surface area (Å²) in [7, 11) is 0. The molecule has 0 spiro atoms. The molecular formula is C15H21Cl2N3O2. The maximum atomic E-state index is 11.6. The van der Waals surface area contributed by atoms with Gasteiger partial charge in [0.05, 0.1) is 22.8 Å². The Bertz CT molecular complexity index is 514. The highest BCUT2D eigenvalue weighted by Gasteiger charge is 2.27. The average molecular weight is 346 g/mol. The first-order valence-corrected chi connectivity index (χ1v) is 8.16. The fourth-order valence-corrected chi connectivity index (χ4v) is 2.78. The Morgan fingerprint density at radius 2 is 2.18 bits per heavy atom. The van der Waals surface area contributed by atoms with E-state index in [-0.39, 0.29) is 18.1 Å². The van der Waals surface area contributed by atoms with Crippen LogP contribution in [0, 0.1) is 5.92 Å². The third kappa shape index (κ3) is 4.74. The topological polar surface area (TPSA) is 62.4 Å². The SMILES string of the molecule is CCNC(=O)NC[C@@H]1CNCCOC1c1ccc(Cl)c(Cl)c1. The van der Waals surface area contributed by atoms with Gasteiger partial charge in [-0.25, -0.2) is 4.79 Å². The third-order valence-electron chi connectivity index (χ3n) is 3.55. The summed E-state index contributed by atoms with van der Waals surface area (Å²) in [5, 5.41) is 9.95. The second-order valence-electron chi connectivity index (χ2n) is 5.17. The molecular weight excluding hydrogens is 325 g/mol. The monoisotopic (exact) mass is 345 g/mol. The standard InChI is InChI=1S/C15H21Cl2N3O2/c1-2-19-15(21)20-9-11-8-18-5-6-22-14(11)10-3-4-12(16)13(17)7-10/h3-4,7,11,14,18H,2,5-6,8-9H2,1H3,(H2,19,20,21)/t11-,14?/m0/s1. The van der Waals surface area contributed by atoms with Gasteiger partial charge in [0.2, 0.25) is 0 Å². The van der Waals surface area contributed by atoms with Crippen molar-refractivity contribution in [2.24, 2.45) is 5.92 Å². The van der Waals surface area contributed by atoms with Crippen molar-refractivity contribution >= 4 is 29.2 Å². The first kappa shape index (κ1) is 17.3. The Morgan fingerprint density at radius 3 is 2.91 bits per heavy atom. The maximum absolute atomic E-state index is 11.6. The largest absolute Gasteiger partial charge is 0.372 e. The molecule has 1 aromatic carbocycles. The molecule has 2 atom stereocenters. The number of nitrogens with one attached hydrogen (secondary N) is 3. The Kier molecular flexibility index (Phi) is 6.76. The molecule has 0 aliphatic carbocycles. The van der Waals surface area contributed by atoms with E-state index < -0.39 is 0 Å². The van der Waals surface area contributed by atoms with Crippen LogP contribution in [0.5, 0.6) is 0 Å². The molecule has 0 aromatic heterocycles. The van der Waals surface area contributed by atoms with Gasteiger partial charge in [-0.2, -0.15) is 0 Å². The van der Waals surface area contributed by atoms with Gasteiger partial charge in [0.15, 0.2) is 0 Å². The number of halogens is 2. The molecule has 1 heterocycles. The number of hydrogen-bond donors (Lipinski definition) is 3. The maximum Gasteiger partial charge on any atom is 0.314 e. The molecule has 122 valence electrons. The summed E-state index contributed by atoms with van der Waals surface area (Å²) in [6.07, 6.45) is -0.133. The lowest BCUT2D eigenvalue weighted by Crippen LogP contribution is -2.41. The van der Waals surface area contributed by atoms with Gasteiger partial charge in [0.1, 0.15) is 0 Å². The number of hydrogen-bond acceptors (Lipinski definition) is 3. The molecule has 1 aliphatic rings. The molecule has 1 aromatic rings. The molecule has 2 amide bonds. The number of carbonyl (C=O) groups is 1. The minimum Gasteiger partial charge on any atom is -0.372 e. The van der Waals surface area contributed by atoms with Crippen molar-refractivity contribution in [3.8, 4) is 0 Å². The zero-order valence-corrected chi connectivity index (χ0v) is 14.0. The summed E-state index contributed by atoms with van der Waals surface area (Å²) in [5.74, 6) is 0.113. The van der Waals surface area contributed by atoms with Crippen molar-refractivity contribution in [2.45, 2.75) is 13.0 Å². The summed E-state index contributed by atoms with van der Waals surface area (Å²) in [6.45, 7) is 5.16. The molecule has 1 aliphatic heterocycles. The number of ether oxygens (including phenoxy) is 1. The van der Waals surface area contributed by atoms with E-state index in [0.717, 1.165) is 18.7 Å². The fraction of sp³-hybridized carbons (Fsp3) is 0.533. The van der Waals surface area contributed by atoms with Crippen LogP contribution in [-0.4, -0.2) is 38.8 Å². The van der Waals surface area contributed by atoms with Crippen LogP contribution in [0.15, 0.2) is 18.2 Å². The highest BCUT2D eigenvalue weighted by molar-refractivity contribution is 6.42. The van der Waals surface area contributed by atoms with Gasteiger partial charge < -0.3 is 20.7 Å². The van der Waals surface area contributed by atoms with Crippen LogP contribution >= 0.6 is 23.2 Å². The normalized spacial score (nSPS) is 22.0. The van der Waals surface area contributed by atoms with Crippen LogP contribution in [0.1, 0.15) is 18.6 Å². The quantitative estimate of drug-likeness (QED) is 0.785. The Morgan fingerprint density at radius 1 is 1.36 bits per heavy atom. The van der Waals surface area contributed by atoms with Crippen molar-refractivity contribution in [2.75, 3.05) is 32.8 Å². The molecule has 1 fully saturated rings. The van der Waals surface area contributed by atoms with Crippen molar-refractivity contribution < 1.29 is 9.53 Å². The van der Waals surface area contributed by atoms with Crippen molar-refractivity contribution in [3.05, 3.63) is 33.8 Å². The minimum atomic E-state index is -0.167. The zero-order chi connectivity index (χ0) is 15.9. The molecule has 0 bridgehead atoms. The van der Waals surface area contributed by atoms with Gasteiger partial charge >= 0.3 is 6.03 Å². The fourth-order valence-electron chi connectivity index (χ4n) is 2.47. The van der Waals surface area contributed by atoms with Crippen LogP contribution in [0.4, 0.5) is 4.79 Å². The number of carbonyl (C=O) groups excluding carboxylic acids is 1. The van der Waals surface area contributed by atoms with E-state index in [9.17, 15) is 4.79 Å². The third-order valence-corrected chi connectivity index (χ3v) is 4.28. The van der Waals surface area contributed by atoms with Crippen molar-refractivity contribution in [1.29, 1.82) is 0 Å². The van der Waals surface area contributed by atoms with Gasteiger partial charge in [-0.1, -0.05) is 29.3 Å². The lowest BCUT2D eigenvalue weighted by atomic mass is 9.95. The Hall–Kier alpha value is -1.01. The van der Waals surface area contributed by atoms with Crippen molar-refractivity contribution in [1.82, 2.24) is 16.0 Å². The first-order chi connectivity index (χ1) is 10.6. The molecule has 22 heavy (non-hydrogen) atoms. The van der Waals surface area contributed by atoms with Crippen LogP contribution in [0.2, 0.25) is 10.0 Å². The van der Waals surface area contributed by atoms with Gasteiger partial charge in [-0.15, -0.1) is 0 Å². The number of benzene rings is 1. The molecule has 5 nitrogen and oxygen atoms in total. The summed E-state index contributed by atoms with van der Waals surface area (Å²) < 4.78 is 5.95. The van der Waals surface area contributed by atoms with Gasteiger partial charge in [-0.05, 0) is 24.6 Å². The van der Waals surface area contributed by atoms with E-state index in [2.05, 4.69) is 16.0 Å². The second-order valence-corrected chi connectivity index (χ2v) is 5.98. The molecule has 2 rings (SSSR count). The van der Waals surface area contributed by atoms with E-state index in [1.165, 1.54) is 0 Å². The van der Waals surface area contributed by atoms with E-state index in [1.54, 1.807) is 6.07 Å². The first-order valence-electron chi connectivity index (χ1n) is 7.40. The summed E-state index contributed by atoms with van der Waals surface area (Å²) in [4.78, 5) is 11.6. The van der Waals surface area contributed by atoms with Crippen LogP contribution in [0.3, 0.4) is 0 Å². The Balaban J connectivity index is 2.09. The second kappa shape index (κ2) is 8.58. The minimum absolute atomic E-state index is 0.113. The summed E-state index contributed by atoms with van der Waals surface area (Å²) >= 11 is 12.1. The molecule has 7 heteroatoms. The lowest BCUT2D eigenvalue weighted by Gasteiger charge is -2.25.